The van der Waals surface area contributed by atoms with Crippen LogP contribution < -0.4 is 11.1 Å². The quantitative estimate of drug-likeness (QED) is 0.597. The molecule has 1 aliphatic rings. The molecule has 3 N–H and O–H groups in total. The number of aromatic nitrogens is 4. The van der Waals surface area contributed by atoms with Gasteiger partial charge in [-0.2, -0.15) is 14.5 Å². The molecule has 0 aliphatic carbocycles. The van der Waals surface area contributed by atoms with Gasteiger partial charge in [-0.05, 0) is 12.0 Å². The maximum Gasteiger partial charge on any atom is 0.252 e. The summed E-state index contributed by atoms with van der Waals surface area (Å²) in [6.07, 6.45) is 8.97. The Bertz CT molecular complexity index is 1210. The van der Waals surface area contributed by atoms with E-state index in [0.717, 1.165) is 17.5 Å². The fourth-order valence-corrected chi connectivity index (χ4v) is 4.88. The number of primary amides is 1. The number of amides is 1. The molecule has 0 bridgehead atoms. The summed E-state index contributed by atoms with van der Waals surface area (Å²) in [7, 11) is -1.45. The van der Waals surface area contributed by atoms with Crippen molar-refractivity contribution >= 4 is 27.1 Å². The first-order chi connectivity index (χ1) is 14.2. The van der Waals surface area contributed by atoms with Crippen molar-refractivity contribution in [1.29, 1.82) is 0 Å². The lowest BCUT2D eigenvalue weighted by atomic mass is 10.00. The second-order valence-electron chi connectivity index (χ2n) is 7.76. The van der Waals surface area contributed by atoms with E-state index in [9.17, 15) is 13.2 Å². The lowest BCUT2D eigenvalue weighted by molar-refractivity contribution is 0.100. The molecule has 30 heavy (non-hydrogen) atoms. The monoisotopic (exact) mass is 431 g/mol. The SMILES string of the molecule is CC[C@@H]1CN(S(C)(=O)=O)C[C@H]1Nc1c(C(N)=O)cnn2cc(-c3cnn(C)c3)cc12. The summed E-state index contributed by atoms with van der Waals surface area (Å²) in [5.74, 6) is -0.482. The molecule has 2 atom stereocenters. The van der Waals surface area contributed by atoms with Crippen LogP contribution in [0.5, 0.6) is 0 Å². The molecule has 0 unspecified atom stereocenters. The highest BCUT2D eigenvalue weighted by Gasteiger charge is 2.36. The van der Waals surface area contributed by atoms with Gasteiger partial charge in [0.25, 0.3) is 5.91 Å². The van der Waals surface area contributed by atoms with E-state index in [1.54, 1.807) is 15.4 Å². The van der Waals surface area contributed by atoms with Crippen LogP contribution in [0.3, 0.4) is 0 Å². The van der Waals surface area contributed by atoms with Crippen molar-refractivity contribution < 1.29 is 13.2 Å². The van der Waals surface area contributed by atoms with E-state index in [-0.39, 0.29) is 17.5 Å². The number of hydrogen-bond acceptors (Lipinski definition) is 6. The largest absolute Gasteiger partial charge is 0.378 e. The lowest BCUT2D eigenvalue weighted by Gasteiger charge is -2.21. The van der Waals surface area contributed by atoms with Crippen molar-refractivity contribution in [1.82, 2.24) is 23.7 Å². The molecule has 4 rings (SSSR count). The fourth-order valence-electron chi connectivity index (χ4n) is 3.99. The molecule has 4 heterocycles. The van der Waals surface area contributed by atoms with E-state index in [1.807, 2.05) is 32.4 Å². The van der Waals surface area contributed by atoms with E-state index in [4.69, 9.17) is 5.73 Å². The first-order valence-corrected chi connectivity index (χ1v) is 11.5. The van der Waals surface area contributed by atoms with Crippen LogP contribution in [-0.2, 0) is 17.1 Å². The van der Waals surface area contributed by atoms with E-state index in [2.05, 4.69) is 15.5 Å². The van der Waals surface area contributed by atoms with Crippen molar-refractivity contribution in [2.75, 3.05) is 24.7 Å². The fraction of sp³-hybridized carbons (Fsp3) is 0.421. The predicted molar refractivity (Wildman–Crippen MR) is 114 cm³/mol. The number of nitrogens with two attached hydrogens (primary N) is 1. The number of carbonyl (C=O) groups is 1. The summed E-state index contributed by atoms with van der Waals surface area (Å²) in [5.41, 5.74) is 8.96. The second-order valence-corrected chi connectivity index (χ2v) is 9.74. The number of carbonyl (C=O) groups excluding carboxylic acids is 1. The van der Waals surface area contributed by atoms with Gasteiger partial charge in [-0.1, -0.05) is 13.3 Å². The van der Waals surface area contributed by atoms with Crippen LogP contribution in [0.2, 0.25) is 0 Å². The molecule has 10 nitrogen and oxygen atoms in total. The number of aryl methyl sites for hydroxylation is 1. The van der Waals surface area contributed by atoms with Gasteiger partial charge < -0.3 is 11.1 Å². The smallest absolute Gasteiger partial charge is 0.252 e. The molecule has 11 heteroatoms. The van der Waals surface area contributed by atoms with Crippen LogP contribution in [0.1, 0.15) is 23.7 Å². The summed E-state index contributed by atoms with van der Waals surface area (Å²) in [4.78, 5) is 12.1. The topological polar surface area (TPSA) is 128 Å². The summed E-state index contributed by atoms with van der Waals surface area (Å²) >= 11 is 0. The molecule has 0 saturated carbocycles. The summed E-state index contributed by atoms with van der Waals surface area (Å²) in [5, 5.41) is 11.9. The highest BCUT2D eigenvalue weighted by molar-refractivity contribution is 7.88. The Morgan fingerprint density at radius 3 is 2.60 bits per heavy atom. The zero-order chi connectivity index (χ0) is 21.6. The third-order valence-electron chi connectivity index (χ3n) is 5.67. The van der Waals surface area contributed by atoms with Gasteiger partial charge in [-0.25, -0.2) is 12.9 Å². The van der Waals surface area contributed by atoms with Gasteiger partial charge in [0, 0.05) is 49.7 Å². The Morgan fingerprint density at radius 1 is 1.23 bits per heavy atom. The number of nitrogens with one attached hydrogen (secondary N) is 1. The Morgan fingerprint density at radius 2 is 2.00 bits per heavy atom. The van der Waals surface area contributed by atoms with Crippen molar-refractivity contribution in [3.05, 3.63) is 36.4 Å². The Balaban J connectivity index is 1.77. The van der Waals surface area contributed by atoms with Gasteiger partial charge in [0.15, 0.2) is 0 Å². The summed E-state index contributed by atoms with van der Waals surface area (Å²) < 4.78 is 29.0. The van der Waals surface area contributed by atoms with Crippen LogP contribution in [0, 0.1) is 5.92 Å². The Labute approximate surface area is 174 Å². The van der Waals surface area contributed by atoms with Gasteiger partial charge in [0.1, 0.15) is 0 Å². The number of sulfonamides is 1. The number of anilines is 1. The first kappa shape index (κ1) is 20.4. The molecular formula is C19H25N7O3S. The number of rotatable bonds is 6. The van der Waals surface area contributed by atoms with Crippen molar-refractivity contribution in [2.24, 2.45) is 18.7 Å². The van der Waals surface area contributed by atoms with Crippen LogP contribution in [0.25, 0.3) is 16.6 Å². The van der Waals surface area contributed by atoms with E-state index < -0.39 is 15.9 Å². The van der Waals surface area contributed by atoms with E-state index in [1.165, 1.54) is 16.8 Å². The average Bonchev–Trinajstić information content (AvgIpc) is 3.38. The van der Waals surface area contributed by atoms with Crippen LogP contribution in [0.15, 0.2) is 30.9 Å². The molecule has 3 aromatic rings. The normalized spacial score (nSPS) is 20.1. The lowest BCUT2D eigenvalue weighted by Crippen LogP contribution is -2.32. The van der Waals surface area contributed by atoms with E-state index in [0.29, 0.717) is 24.3 Å². The molecule has 1 amide bonds. The molecule has 1 saturated heterocycles. The Hall–Kier alpha value is -2.92. The summed E-state index contributed by atoms with van der Waals surface area (Å²) in [6.45, 7) is 2.81. The molecule has 3 aromatic heterocycles. The number of hydrogen-bond donors (Lipinski definition) is 2. The zero-order valence-electron chi connectivity index (χ0n) is 17.1. The van der Waals surface area contributed by atoms with Crippen molar-refractivity contribution in [2.45, 2.75) is 19.4 Å². The third kappa shape index (κ3) is 3.65. The van der Waals surface area contributed by atoms with Gasteiger partial charge in [-0.15, -0.1) is 0 Å². The Kier molecular flexibility index (Phi) is 5.02. The molecule has 0 spiro atoms. The van der Waals surface area contributed by atoms with Crippen molar-refractivity contribution in [3.8, 4) is 11.1 Å². The minimum atomic E-state index is -3.29. The van der Waals surface area contributed by atoms with Crippen LogP contribution >= 0.6 is 0 Å². The van der Waals surface area contributed by atoms with Gasteiger partial charge >= 0.3 is 0 Å². The first-order valence-electron chi connectivity index (χ1n) is 9.69. The molecular weight excluding hydrogens is 406 g/mol. The zero-order valence-corrected chi connectivity index (χ0v) is 17.9. The average molecular weight is 432 g/mol. The molecule has 160 valence electrons. The van der Waals surface area contributed by atoms with E-state index >= 15 is 0 Å². The maximum absolute atomic E-state index is 12.1. The third-order valence-corrected chi connectivity index (χ3v) is 6.91. The number of nitrogens with zero attached hydrogens (tertiary/aromatic N) is 5. The second kappa shape index (κ2) is 7.40. The maximum atomic E-state index is 12.1. The molecule has 0 radical (unpaired) electrons. The minimum Gasteiger partial charge on any atom is -0.378 e. The highest BCUT2D eigenvalue weighted by Crippen LogP contribution is 2.32. The van der Waals surface area contributed by atoms with Gasteiger partial charge in [-0.3, -0.25) is 9.48 Å². The van der Waals surface area contributed by atoms with Crippen LogP contribution in [0.4, 0.5) is 5.69 Å². The van der Waals surface area contributed by atoms with Gasteiger partial charge in [0.05, 0.1) is 35.4 Å². The molecule has 1 fully saturated rings. The summed E-state index contributed by atoms with van der Waals surface area (Å²) in [6, 6.07) is 1.77. The molecule has 1 aliphatic heterocycles. The van der Waals surface area contributed by atoms with Crippen LogP contribution in [-0.4, -0.2) is 63.4 Å². The molecule has 0 aromatic carbocycles. The highest BCUT2D eigenvalue weighted by atomic mass is 32.2. The minimum absolute atomic E-state index is 0.112. The predicted octanol–water partition coefficient (Wildman–Crippen LogP) is 0.916. The standard InChI is InChI=1S/C19H25N7O3S/c1-4-12-9-25(30(3,28)29)11-16(12)23-18-15(19(20)27)7-22-26-10-13(5-17(18)26)14-6-21-24(2)8-14/h5-8,10,12,16,23H,4,9,11H2,1-3H3,(H2,20,27)/t12-,16-/m1/s1. The number of fused-ring (bicyclic) bond motifs is 1. The van der Waals surface area contributed by atoms with Gasteiger partial charge in [0.2, 0.25) is 10.0 Å². The van der Waals surface area contributed by atoms with Crippen molar-refractivity contribution in [3.63, 3.8) is 0 Å².